The molecule has 3 heterocycles. The number of ether oxygens (including phenoxy) is 2. The van der Waals surface area contributed by atoms with Crippen molar-refractivity contribution in [3.63, 3.8) is 0 Å². The van der Waals surface area contributed by atoms with E-state index in [0.717, 1.165) is 12.8 Å². The minimum absolute atomic E-state index is 0.00665. The Morgan fingerprint density at radius 2 is 2.06 bits per heavy atom. The quantitative estimate of drug-likeness (QED) is 0.644. The summed E-state index contributed by atoms with van der Waals surface area (Å²) in [6.45, 7) is 5.22. The van der Waals surface area contributed by atoms with Crippen LogP contribution in [0.1, 0.15) is 52.0 Å². The zero-order chi connectivity index (χ0) is 24.0. The third-order valence-corrected chi connectivity index (χ3v) is 6.36. The Morgan fingerprint density at radius 1 is 1.33 bits per heavy atom. The molecule has 0 radical (unpaired) electrons. The van der Waals surface area contributed by atoms with Gasteiger partial charge < -0.3 is 25.0 Å². The van der Waals surface area contributed by atoms with Crippen molar-refractivity contribution >= 4 is 29.7 Å². The molecule has 1 unspecified atom stereocenters. The summed E-state index contributed by atoms with van der Waals surface area (Å²) in [7, 11) is 1.25. The standard InChI is InChI=1S/C23H30N4O6/c1-22(2,3)33-21(31)25-15(10-13-7-8-13)18(28)27-12-23(11-16(27)19(29)32-4)14-6-5-9-24-17(14)26-20(23)30/h5-6,9,13,15-16H,7-8,10-12H2,1-4H3,(H,25,31)(H,24,26,30)/t15-,16-,23?/m0/s1. The van der Waals surface area contributed by atoms with Crippen LogP contribution in [0.2, 0.25) is 0 Å². The number of amides is 3. The van der Waals surface area contributed by atoms with E-state index in [4.69, 9.17) is 9.47 Å². The Kier molecular flexibility index (Phi) is 5.79. The predicted octanol–water partition coefficient (Wildman–Crippen LogP) is 1.74. The van der Waals surface area contributed by atoms with Crippen LogP contribution in [0.4, 0.5) is 10.6 Å². The van der Waals surface area contributed by atoms with Crippen molar-refractivity contribution in [2.75, 3.05) is 19.0 Å². The second-order valence-electron chi connectivity index (χ2n) is 10.0. The SMILES string of the molecule is COC(=O)[C@@H]1CC2(CN1C(=O)[C@H](CC1CC1)NC(=O)OC(C)(C)C)C(=O)Nc1ncccc12. The van der Waals surface area contributed by atoms with Crippen molar-refractivity contribution in [3.05, 3.63) is 23.9 Å². The summed E-state index contributed by atoms with van der Waals surface area (Å²) < 4.78 is 10.3. The van der Waals surface area contributed by atoms with Gasteiger partial charge >= 0.3 is 12.1 Å². The van der Waals surface area contributed by atoms with E-state index >= 15 is 0 Å². The molecular weight excluding hydrogens is 428 g/mol. The minimum Gasteiger partial charge on any atom is -0.467 e. The molecule has 0 aromatic carbocycles. The summed E-state index contributed by atoms with van der Waals surface area (Å²) in [5, 5.41) is 5.46. The van der Waals surface area contributed by atoms with Crippen molar-refractivity contribution in [3.8, 4) is 0 Å². The van der Waals surface area contributed by atoms with Gasteiger partial charge in [-0.3, -0.25) is 9.59 Å². The number of anilines is 1. The Morgan fingerprint density at radius 3 is 2.70 bits per heavy atom. The van der Waals surface area contributed by atoms with Crippen LogP contribution in [-0.2, 0) is 29.3 Å². The first-order chi connectivity index (χ1) is 15.5. The van der Waals surface area contributed by atoms with Crippen molar-refractivity contribution in [2.45, 2.75) is 69.6 Å². The minimum atomic E-state index is -1.10. The lowest BCUT2D eigenvalue weighted by molar-refractivity contribution is -0.151. The van der Waals surface area contributed by atoms with Crippen molar-refractivity contribution in [1.29, 1.82) is 0 Å². The van der Waals surface area contributed by atoms with E-state index < -0.39 is 41.1 Å². The fourth-order valence-electron chi connectivity index (χ4n) is 4.64. The van der Waals surface area contributed by atoms with Gasteiger partial charge in [0, 0.05) is 18.3 Å². The summed E-state index contributed by atoms with van der Waals surface area (Å²) in [4.78, 5) is 57.5. The van der Waals surface area contributed by atoms with Gasteiger partial charge in [0.25, 0.3) is 0 Å². The molecule has 2 N–H and O–H groups in total. The van der Waals surface area contributed by atoms with Crippen LogP contribution >= 0.6 is 0 Å². The van der Waals surface area contributed by atoms with Gasteiger partial charge in [-0.25, -0.2) is 14.6 Å². The summed E-state index contributed by atoms with van der Waals surface area (Å²) >= 11 is 0. The number of hydrogen-bond donors (Lipinski definition) is 2. The molecule has 1 aliphatic carbocycles. The third kappa shape index (κ3) is 4.51. The molecule has 3 atom stereocenters. The molecule has 3 amide bonds. The molecule has 2 fully saturated rings. The van der Waals surface area contributed by atoms with Gasteiger partial charge in [0.05, 0.1) is 12.5 Å². The zero-order valence-electron chi connectivity index (χ0n) is 19.3. The Bertz CT molecular complexity index is 985. The number of alkyl carbamates (subject to hydrolysis) is 1. The van der Waals surface area contributed by atoms with Crippen LogP contribution in [0, 0.1) is 5.92 Å². The number of pyridine rings is 1. The highest BCUT2D eigenvalue weighted by Gasteiger charge is 2.59. The molecule has 33 heavy (non-hydrogen) atoms. The first-order valence-corrected chi connectivity index (χ1v) is 11.2. The number of esters is 1. The van der Waals surface area contributed by atoms with Gasteiger partial charge in [0.15, 0.2) is 0 Å². The van der Waals surface area contributed by atoms with Crippen LogP contribution in [-0.4, -0.2) is 65.1 Å². The second kappa shape index (κ2) is 8.31. The number of methoxy groups -OCH3 is 1. The molecule has 10 nitrogen and oxygen atoms in total. The summed E-state index contributed by atoms with van der Waals surface area (Å²) in [6, 6.07) is 1.68. The van der Waals surface area contributed by atoms with Crippen LogP contribution in [0.5, 0.6) is 0 Å². The largest absolute Gasteiger partial charge is 0.467 e. The highest BCUT2D eigenvalue weighted by Crippen LogP contribution is 2.46. The van der Waals surface area contributed by atoms with Gasteiger partial charge in [-0.15, -0.1) is 0 Å². The van der Waals surface area contributed by atoms with Gasteiger partial charge in [0.2, 0.25) is 11.8 Å². The highest BCUT2D eigenvalue weighted by molar-refractivity contribution is 6.07. The lowest BCUT2D eigenvalue weighted by atomic mass is 9.80. The number of carbonyl (C=O) groups excluding carboxylic acids is 4. The molecule has 10 heteroatoms. The van der Waals surface area contributed by atoms with Gasteiger partial charge in [-0.05, 0) is 45.6 Å². The van der Waals surface area contributed by atoms with Gasteiger partial charge in [0.1, 0.15) is 23.5 Å². The highest BCUT2D eigenvalue weighted by atomic mass is 16.6. The first-order valence-electron chi connectivity index (χ1n) is 11.2. The van der Waals surface area contributed by atoms with E-state index in [9.17, 15) is 19.2 Å². The number of nitrogens with one attached hydrogen (secondary N) is 2. The summed E-state index contributed by atoms with van der Waals surface area (Å²) in [6.07, 6.45) is 3.36. The van der Waals surface area contributed by atoms with Gasteiger partial charge in [-0.1, -0.05) is 18.9 Å². The number of nitrogens with zero attached hydrogens (tertiary/aromatic N) is 2. The monoisotopic (exact) mass is 458 g/mol. The molecule has 1 aromatic rings. The summed E-state index contributed by atoms with van der Waals surface area (Å²) in [5.41, 5.74) is -1.17. The molecular formula is C23H30N4O6. The van der Waals surface area contributed by atoms with Crippen molar-refractivity contribution in [1.82, 2.24) is 15.2 Å². The number of carbonyl (C=O) groups is 4. The smallest absolute Gasteiger partial charge is 0.408 e. The Labute approximate surface area is 192 Å². The molecule has 4 rings (SSSR count). The molecule has 178 valence electrons. The molecule has 1 aromatic heterocycles. The molecule has 3 aliphatic rings. The van der Waals surface area contributed by atoms with E-state index in [2.05, 4.69) is 15.6 Å². The molecule has 1 saturated carbocycles. The zero-order valence-corrected chi connectivity index (χ0v) is 19.3. The number of aromatic nitrogens is 1. The number of rotatable bonds is 5. The van der Waals surface area contributed by atoms with Crippen molar-refractivity contribution in [2.24, 2.45) is 5.92 Å². The third-order valence-electron chi connectivity index (χ3n) is 6.36. The number of fused-ring (bicyclic) bond motifs is 2. The van der Waals surface area contributed by atoms with Crippen LogP contribution < -0.4 is 10.6 Å². The van der Waals surface area contributed by atoms with E-state index in [-0.39, 0.29) is 18.9 Å². The van der Waals surface area contributed by atoms with Crippen LogP contribution in [0.15, 0.2) is 18.3 Å². The number of hydrogen-bond acceptors (Lipinski definition) is 7. The fourth-order valence-corrected chi connectivity index (χ4v) is 4.64. The Hall–Kier alpha value is -3.17. The average molecular weight is 459 g/mol. The van der Waals surface area contributed by atoms with E-state index in [1.54, 1.807) is 39.1 Å². The second-order valence-corrected chi connectivity index (χ2v) is 10.0. The first kappa shape index (κ1) is 23.0. The Balaban J connectivity index is 1.62. The average Bonchev–Trinajstić information content (AvgIpc) is 3.40. The topological polar surface area (TPSA) is 127 Å². The van der Waals surface area contributed by atoms with Gasteiger partial charge in [-0.2, -0.15) is 0 Å². The maximum atomic E-state index is 13.7. The van der Waals surface area contributed by atoms with Crippen LogP contribution in [0.25, 0.3) is 0 Å². The van der Waals surface area contributed by atoms with E-state index in [1.165, 1.54) is 12.0 Å². The van der Waals surface area contributed by atoms with E-state index in [0.29, 0.717) is 23.7 Å². The lowest BCUT2D eigenvalue weighted by Gasteiger charge is -2.29. The number of likely N-dealkylation sites (tertiary alicyclic amines) is 1. The summed E-state index contributed by atoms with van der Waals surface area (Å²) in [5.74, 6) is -0.583. The fraction of sp³-hybridized carbons (Fsp3) is 0.609. The molecule has 1 spiro atoms. The predicted molar refractivity (Wildman–Crippen MR) is 117 cm³/mol. The maximum Gasteiger partial charge on any atom is 0.408 e. The normalized spacial score (nSPS) is 24.8. The van der Waals surface area contributed by atoms with E-state index in [1.807, 2.05) is 0 Å². The molecule has 1 saturated heterocycles. The molecule has 0 bridgehead atoms. The van der Waals surface area contributed by atoms with Crippen LogP contribution in [0.3, 0.4) is 0 Å². The van der Waals surface area contributed by atoms with Crippen molar-refractivity contribution < 1.29 is 28.7 Å². The maximum absolute atomic E-state index is 13.7. The molecule has 2 aliphatic heterocycles. The lowest BCUT2D eigenvalue weighted by Crippen LogP contribution is -2.53.